The molecule has 74 valence electrons. The largest absolute Gasteiger partial charge is 0.353 e. The summed E-state index contributed by atoms with van der Waals surface area (Å²) in [7, 11) is 1.98. The van der Waals surface area contributed by atoms with Crippen LogP contribution in [-0.2, 0) is 4.79 Å². The Bertz CT molecular complexity index is 323. The number of benzene rings is 1. The zero-order chi connectivity index (χ0) is 9.97. The third kappa shape index (κ3) is 1.77. The highest BCUT2D eigenvalue weighted by atomic mass is 16.2. The van der Waals surface area contributed by atoms with Crippen LogP contribution < -0.4 is 5.32 Å². The molecule has 1 heterocycles. The standard InChI is InChI=1S/C11H14N2O/c1-13-8-11(14)12-7-10(13)9-5-3-2-4-6-9/h2-6,10H,7-8H2,1H3,(H,12,14)/t10-/m1/s1. The average molecular weight is 190 g/mol. The second-order valence-corrected chi connectivity index (χ2v) is 3.65. The van der Waals surface area contributed by atoms with Crippen LogP contribution in [0.2, 0.25) is 0 Å². The molecule has 1 fully saturated rings. The van der Waals surface area contributed by atoms with Gasteiger partial charge in [-0.2, -0.15) is 0 Å². The summed E-state index contributed by atoms with van der Waals surface area (Å²) in [4.78, 5) is 13.2. The molecule has 14 heavy (non-hydrogen) atoms. The van der Waals surface area contributed by atoms with E-state index < -0.39 is 0 Å². The molecule has 0 spiro atoms. The Labute approximate surface area is 83.7 Å². The minimum absolute atomic E-state index is 0.111. The number of nitrogens with zero attached hydrogens (tertiary/aromatic N) is 1. The van der Waals surface area contributed by atoms with Gasteiger partial charge in [-0.15, -0.1) is 0 Å². The molecule has 0 unspecified atom stereocenters. The van der Waals surface area contributed by atoms with Gasteiger partial charge in [0.15, 0.2) is 0 Å². The lowest BCUT2D eigenvalue weighted by Gasteiger charge is -2.32. The molecule has 2 rings (SSSR count). The molecule has 1 N–H and O–H groups in total. The van der Waals surface area contributed by atoms with Crippen molar-refractivity contribution in [2.45, 2.75) is 6.04 Å². The lowest BCUT2D eigenvalue weighted by molar-refractivity contribution is -0.125. The summed E-state index contributed by atoms with van der Waals surface area (Å²) in [5.41, 5.74) is 1.26. The SMILES string of the molecule is CN1CC(=O)NC[C@@H]1c1ccccc1. The molecule has 0 bridgehead atoms. The van der Waals surface area contributed by atoms with Crippen LogP contribution in [0.5, 0.6) is 0 Å². The van der Waals surface area contributed by atoms with E-state index in [0.29, 0.717) is 19.1 Å². The van der Waals surface area contributed by atoms with Gasteiger partial charge in [0.25, 0.3) is 0 Å². The molecule has 1 saturated heterocycles. The number of rotatable bonds is 1. The fraction of sp³-hybridized carbons (Fsp3) is 0.364. The number of piperazine rings is 1. The zero-order valence-corrected chi connectivity index (χ0v) is 8.23. The van der Waals surface area contributed by atoms with Crippen LogP contribution in [-0.4, -0.2) is 30.9 Å². The van der Waals surface area contributed by atoms with Crippen molar-refractivity contribution in [2.24, 2.45) is 0 Å². The summed E-state index contributed by atoms with van der Waals surface area (Å²) in [5.74, 6) is 0.111. The third-order valence-corrected chi connectivity index (χ3v) is 2.60. The molecule has 0 saturated carbocycles. The molecule has 1 atom stereocenters. The molecule has 1 aliphatic rings. The Morgan fingerprint density at radius 1 is 1.36 bits per heavy atom. The van der Waals surface area contributed by atoms with Crippen LogP contribution in [0.3, 0.4) is 0 Å². The van der Waals surface area contributed by atoms with Gasteiger partial charge in [0, 0.05) is 6.54 Å². The number of hydrogen-bond acceptors (Lipinski definition) is 2. The highest BCUT2D eigenvalue weighted by Crippen LogP contribution is 2.19. The van der Waals surface area contributed by atoms with Crippen molar-refractivity contribution in [1.82, 2.24) is 10.2 Å². The van der Waals surface area contributed by atoms with Gasteiger partial charge in [-0.05, 0) is 12.6 Å². The van der Waals surface area contributed by atoms with Crippen molar-refractivity contribution in [3.8, 4) is 0 Å². The predicted molar refractivity (Wildman–Crippen MR) is 54.8 cm³/mol. The van der Waals surface area contributed by atoms with E-state index >= 15 is 0 Å². The smallest absolute Gasteiger partial charge is 0.234 e. The summed E-state index contributed by atoms with van der Waals surface area (Å²) >= 11 is 0. The number of likely N-dealkylation sites (N-methyl/N-ethyl adjacent to an activating group) is 1. The summed E-state index contributed by atoms with van der Waals surface area (Å²) in [5, 5.41) is 2.88. The second kappa shape index (κ2) is 3.80. The van der Waals surface area contributed by atoms with E-state index in [1.54, 1.807) is 0 Å². The van der Waals surface area contributed by atoms with E-state index in [-0.39, 0.29) is 5.91 Å². The lowest BCUT2D eigenvalue weighted by Crippen LogP contribution is -2.47. The van der Waals surface area contributed by atoms with Gasteiger partial charge in [0.2, 0.25) is 5.91 Å². The Kier molecular flexibility index (Phi) is 2.50. The first-order valence-electron chi connectivity index (χ1n) is 4.79. The summed E-state index contributed by atoms with van der Waals surface area (Å²) in [6.07, 6.45) is 0. The number of carbonyl (C=O) groups is 1. The first-order valence-corrected chi connectivity index (χ1v) is 4.79. The topological polar surface area (TPSA) is 32.3 Å². The number of hydrogen-bond donors (Lipinski definition) is 1. The first kappa shape index (κ1) is 9.21. The summed E-state index contributed by atoms with van der Waals surface area (Å²) in [6, 6.07) is 10.6. The van der Waals surface area contributed by atoms with E-state index in [1.165, 1.54) is 5.56 Å². The Morgan fingerprint density at radius 2 is 2.07 bits per heavy atom. The Balaban J connectivity index is 2.16. The van der Waals surface area contributed by atoms with Gasteiger partial charge >= 0.3 is 0 Å². The van der Waals surface area contributed by atoms with E-state index in [0.717, 1.165) is 0 Å². The van der Waals surface area contributed by atoms with Gasteiger partial charge in [0.1, 0.15) is 0 Å². The van der Waals surface area contributed by atoms with Crippen LogP contribution in [0.1, 0.15) is 11.6 Å². The van der Waals surface area contributed by atoms with Gasteiger partial charge < -0.3 is 5.32 Å². The molecule has 3 nitrogen and oxygen atoms in total. The monoisotopic (exact) mass is 190 g/mol. The Morgan fingerprint density at radius 3 is 2.71 bits per heavy atom. The van der Waals surface area contributed by atoms with Crippen molar-refractivity contribution >= 4 is 5.91 Å². The number of amides is 1. The first-order chi connectivity index (χ1) is 6.77. The van der Waals surface area contributed by atoms with Gasteiger partial charge in [-0.25, -0.2) is 0 Å². The van der Waals surface area contributed by atoms with Gasteiger partial charge in [-0.3, -0.25) is 9.69 Å². The van der Waals surface area contributed by atoms with E-state index in [9.17, 15) is 4.79 Å². The van der Waals surface area contributed by atoms with Crippen LogP contribution in [0.25, 0.3) is 0 Å². The molecular formula is C11H14N2O. The minimum atomic E-state index is 0.111. The van der Waals surface area contributed by atoms with E-state index in [2.05, 4.69) is 22.3 Å². The van der Waals surface area contributed by atoms with E-state index in [1.807, 2.05) is 25.2 Å². The maximum absolute atomic E-state index is 11.1. The highest BCUT2D eigenvalue weighted by molar-refractivity contribution is 5.78. The van der Waals surface area contributed by atoms with E-state index in [4.69, 9.17) is 0 Å². The quantitative estimate of drug-likeness (QED) is 0.710. The van der Waals surface area contributed by atoms with Crippen LogP contribution >= 0.6 is 0 Å². The summed E-state index contributed by atoms with van der Waals surface area (Å²) in [6.45, 7) is 1.19. The maximum atomic E-state index is 11.1. The van der Waals surface area contributed by atoms with Gasteiger partial charge in [0.05, 0.1) is 12.6 Å². The minimum Gasteiger partial charge on any atom is -0.353 e. The molecule has 1 aromatic carbocycles. The molecular weight excluding hydrogens is 176 g/mol. The molecule has 0 aliphatic carbocycles. The number of nitrogens with one attached hydrogen (secondary N) is 1. The molecule has 1 aliphatic heterocycles. The molecule has 1 aromatic rings. The van der Waals surface area contributed by atoms with Crippen molar-refractivity contribution in [1.29, 1.82) is 0 Å². The average Bonchev–Trinajstić information content (AvgIpc) is 2.19. The van der Waals surface area contributed by atoms with Crippen molar-refractivity contribution in [2.75, 3.05) is 20.1 Å². The third-order valence-electron chi connectivity index (χ3n) is 2.60. The highest BCUT2D eigenvalue weighted by Gasteiger charge is 2.23. The number of carbonyl (C=O) groups excluding carboxylic acids is 1. The molecule has 3 heteroatoms. The van der Waals surface area contributed by atoms with Gasteiger partial charge in [-0.1, -0.05) is 30.3 Å². The van der Waals surface area contributed by atoms with Crippen LogP contribution in [0.15, 0.2) is 30.3 Å². The van der Waals surface area contributed by atoms with Crippen LogP contribution in [0.4, 0.5) is 0 Å². The van der Waals surface area contributed by atoms with Crippen molar-refractivity contribution < 1.29 is 4.79 Å². The second-order valence-electron chi connectivity index (χ2n) is 3.65. The Hall–Kier alpha value is -1.35. The van der Waals surface area contributed by atoms with Crippen LogP contribution in [0, 0.1) is 0 Å². The normalized spacial score (nSPS) is 23.2. The zero-order valence-electron chi connectivity index (χ0n) is 8.23. The maximum Gasteiger partial charge on any atom is 0.234 e. The fourth-order valence-corrected chi connectivity index (χ4v) is 1.81. The fourth-order valence-electron chi connectivity index (χ4n) is 1.81. The molecule has 1 amide bonds. The molecule has 0 aromatic heterocycles. The predicted octanol–water partition coefficient (Wildman–Crippen LogP) is 0.789. The molecule has 0 radical (unpaired) electrons. The van der Waals surface area contributed by atoms with Crippen molar-refractivity contribution in [3.05, 3.63) is 35.9 Å². The van der Waals surface area contributed by atoms with Crippen molar-refractivity contribution in [3.63, 3.8) is 0 Å². The summed E-state index contributed by atoms with van der Waals surface area (Å²) < 4.78 is 0. The lowest BCUT2D eigenvalue weighted by atomic mass is 10.0.